The summed E-state index contributed by atoms with van der Waals surface area (Å²) >= 11 is 1.28. The third kappa shape index (κ3) is 5.46. The Bertz CT molecular complexity index is 1310. The molecular weight excluding hydrogens is 434 g/mol. The number of hydrogen-bond donors (Lipinski definition) is 1. The molecule has 0 radical (unpaired) electrons. The SMILES string of the molecule is CCC(Sc1nc2nccnc2c(=O)n1CCc1ccccc1)C(=O)Nc1ccc(C)cc1. The highest BCUT2D eigenvalue weighted by Gasteiger charge is 2.22. The summed E-state index contributed by atoms with van der Waals surface area (Å²) < 4.78 is 1.61. The zero-order valence-electron chi connectivity index (χ0n) is 18.6. The van der Waals surface area contributed by atoms with Crippen LogP contribution in [0, 0.1) is 6.92 Å². The molecule has 1 unspecified atom stereocenters. The van der Waals surface area contributed by atoms with Crippen molar-refractivity contribution >= 4 is 34.5 Å². The van der Waals surface area contributed by atoms with E-state index in [2.05, 4.69) is 20.3 Å². The minimum Gasteiger partial charge on any atom is -0.325 e. The van der Waals surface area contributed by atoms with Crippen molar-refractivity contribution in [3.8, 4) is 0 Å². The number of carbonyl (C=O) groups is 1. The maximum atomic E-state index is 13.2. The average molecular weight is 460 g/mol. The number of carbonyl (C=O) groups excluding carboxylic acids is 1. The van der Waals surface area contributed by atoms with E-state index in [9.17, 15) is 9.59 Å². The van der Waals surface area contributed by atoms with Gasteiger partial charge in [0, 0.05) is 24.6 Å². The molecule has 0 aliphatic carbocycles. The summed E-state index contributed by atoms with van der Waals surface area (Å²) in [7, 11) is 0. The third-order valence-electron chi connectivity index (χ3n) is 5.26. The molecule has 33 heavy (non-hydrogen) atoms. The highest BCUT2D eigenvalue weighted by Crippen LogP contribution is 2.25. The molecule has 0 saturated heterocycles. The van der Waals surface area contributed by atoms with Crippen LogP contribution >= 0.6 is 11.8 Å². The van der Waals surface area contributed by atoms with E-state index in [4.69, 9.17) is 0 Å². The highest BCUT2D eigenvalue weighted by atomic mass is 32.2. The van der Waals surface area contributed by atoms with Gasteiger partial charge in [-0.2, -0.15) is 0 Å². The van der Waals surface area contributed by atoms with Gasteiger partial charge in [-0.3, -0.25) is 14.2 Å². The molecular formula is C25H25N5O2S. The smallest absolute Gasteiger partial charge is 0.282 e. The van der Waals surface area contributed by atoms with E-state index in [0.29, 0.717) is 24.5 Å². The molecule has 0 spiro atoms. The molecule has 0 bridgehead atoms. The fraction of sp³-hybridized carbons (Fsp3) is 0.240. The molecule has 1 atom stereocenters. The molecule has 1 amide bonds. The van der Waals surface area contributed by atoms with Crippen LogP contribution < -0.4 is 10.9 Å². The van der Waals surface area contributed by atoms with Crippen LogP contribution in [-0.4, -0.2) is 30.7 Å². The van der Waals surface area contributed by atoms with Crippen molar-refractivity contribution in [1.82, 2.24) is 19.5 Å². The summed E-state index contributed by atoms with van der Waals surface area (Å²) in [5, 5.41) is 3.01. The molecule has 2 heterocycles. The van der Waals surface area contributed by atoms with Crippen molar-refractivity contribution in [1.29, 1.82) is 0 Å². The Labute approximate surface area is 196 Å². The van der Waals surface area contributed by atoms with E-state index >= 15 is 0 Å². The lowest BCUT2D eigenvalue weighted by Gasteiger charge is -2.18. The van der Waals surface area contributed by atoms with E-state index in [1.54, 1.807) is 4.57 Å². The van der Waals surface area contributed by atoms with Crippen molar-refractivity contribution in [2.45, 2.75) is 43.6 Å². The first-order valence-corrected chi connectivity index (χ1v) is 11.7. The molecule has 4 aromatic rings. The third-order valence-corrected chi connectivity index (χ3v) is 6.61. The van der Waals surface area contributed by atoms with Crippen LogP contribution in [0.3, 0.4) is 0 Å². The Morgan fingerprint density at radius 1 is 1.06 bits per heavy atom. The second-order valence-electron chi connectivity index (χ2n) is 7.69. The summed E-state index contributed by atoms with van der Waals surface area (Å²) in [5.41, 5.74) is 3.24. The number of aryl methyl sites for hydroxylation is 2. The van der Waals surface area contributed by atoms with E-state index < -0.39 is 5.25 Å². The number of nitrogens with zero attached hydrogens (tertiary/aromatic N) is 4. The number of anilines is 1. The number of amides is 1. The van der Waals surface area contributed by atoms with Gasteiger partial charge in [0.15, 0.2) is 16.3 Å². The number of hydrogen-bond acceptors (Lipinski definition) is 6. The first kappa shape index (κ1) is 22.7. The van der Waals surface area contributed by atoms with Gasteiger partial charge in [0.25, 0.3) is 5.56 Å². The second-order valence-corrected chi connectivity index (χ2v) is 8.86. The van der Waals surface area contributed by atoms with Crippen LogP contribution in [0.1, 0.15) is 24.5 Å². The summed E-state index contributed by atoms with van der Waals surface area (Å²) in [6.07, 6.45) is 4.24. The molecule has 0 aliphatic rings. The molecule has 4 rings (SSSR count). The first-order valence-electron chi connectivity index (χ1n) is 10.8. The van der Waals surface area contributed by atoms with E-state index in [1.807, 2.05) is 68.4 Å². The quantitative estimate of drug-likeness (QED) is 0.313. The standard InChI is InChI=1S/C25H25N5O2S/c1-3-20(23(31)28-19-11-9-17(2)10-12-19)33-25-29-22-21(26-14-15-27-22)24(32)30(25)16-13-18-7-5-4-6-8-18/h4-12,14-15,20H,3,13,16H2,1-2H3,(H,28,31). The Balaban J connectivity index is 1.63. The Kier molecular flexibility index (Phi) is 7.14. The van der Waals surface area contributed by atoms with Crippen LogP contribution in [0.25, 0.3) is 11.2 Å². The summed E-state index contributed by atoms with van der Waals surface area (Å²) in [6.45, 7) is 4.37. The minimum atomic E-state index is -0.421. The van der Waals surface area contributed by atoms with Gasteiger partial charge in [-0.05, 0) is 37.5 Å². The molecule has 8 heteroatoms. The summed E-state index contributed by atoms with van der Waals surface area (Å²) in [6, 6.07) is 17.6. The molecule has 7 nitrogen and oxygen atoms in total. The summed E-state index contributed by atoms with van der Waals surface area (Å²) in [4.78, 5) is 39.2. The Morgan fingerprint density at radius 3 is 2.52 bits per heavy atom. The predicted octanol–water partition coefficient (Wildman–Crippen LogP) is 4.25. The van der Waals surface area contributed by atoms with E-state index in [1.165, 1.54) is 24.2 Å². The molecule has 168 valence electrons. The number of rotatable bonds is 8. The lowest BCUT2D eigenvalue weighted by atomic mass is 10.1. The largest absolute Gasteiger partial charge is 0.325 e. The monoisotopic (exact) mass is 459 g/mol. The van der Waals surface area contributed by atoms with E-state index in [-0.39, 0.29) is 22.6 Å². The second kappa shape index (κ2) is 10.4. The van der Waals surface area contributed by atoms with Crippen molar-refractivity contribution < 1.29 is 4.79 Å². The zero-order chi connectivity index (χ0) is 23.2. The number of nitrogens with one attached hydrogen (secondary N) is 1. The maximum absolute atomic E-state index is 13.2. The molecule has 0 aliphatic heterocycles. The fourth-order valence-electron chi connectivity index (χ4n) is 3.41. The normalized spacial score (nSPS) is 11.9. The molecule has 2 aromatic heterocycles. The molecule has 2 aromatic carbocycles. The van der Waals surface area contributed by atoms with E-state index in [0.717, 1.165) is 16.8 Å². The van der Waals surface area contributed by atoms with Gasteiger partial charge in [-0.25, -0.2) is 15.0 Å². The van der Waals surface area contributed by atoms with Gasteiger partial charge < -0.3 is 5.32 Å². The minimum absolute atomic E-state index is 0.130. The molecule has 0 fully saturated rings. The van der Waals surface area contributed by atoms with Crippen molar-refractivity contribution in [2.75, 3.05) is 5.32 Å². The fourth-order valence-corrected chi connectivity index (χ4v) is 4.44. The first-order chi connectivity index (χ1) is 16.0. The molecule has 1 N–H and O–H groups in total. The zero-order valence-corrected chi connectivity index (χ0v) is 19.4. The van der Waals surface area contributed by atoms with Gasteiger partial charge in [0.05, 0.1) is 5.25 Å². The van der Waals surface area contributed by atoms with Crippen LogP contribution in [0.5, 0.6) is 0 Å². The maximum Gasteiger partial charge on any atom is 0.282 e. The lowest BCUT2D eigenvalue weighted by molar-refractivity contribution is -0.115. The highest BCUT2D eigenvalue weighted by molar-refractivity contribution is 8.00. The number of aromatic nitrogens is 4. The number of benzene rings is 2. The van der Waals surface area contributed by atoms with Crippen LogP contribution in [0.15, 0.2) is 76.9 Å². The van der Waals surface area contributed by atoms with Gasteiger partial charge in [0.2, 0.25) is 5.91 Å². The van der Waals surface area contributed by atoms with Gasteiger partial charge in [-0.15, -0.1) is 0 Å². The average Bonchev–Trinajstić information content (AvgIpc) is 2.84. The van der Waals surface area contributed by atoms with Gasteiger partial charge >= 0.3 is 0 Å². The van der Waals surface area contributed by atoms with Gasteiger partial charge in [-0.1, -0.05) is 66.7 Å². The lowest BCUT2D eigenvalue weighted by Crippen LogP contribution is -2.29. The van der Waals surface area contributed by atoms with Crippen molar-refractivity contribution in [3.05, 3.63) is 88.5 Å². The van der Waals surface area contributed by atoms with Crippen LogP contribution in [-0.2, 0) is 17.8 Å². The predicted molar refractivity (Wildman–Crippen MR) is 131 cm³/mol. The number of fused-ring (bicyclic) bond motifs is 1. The van der Waals surface area contributed by atoms with Crippen molar-refractivity contribution in [2.24, 2.45) is 0 Å². The van der Waals surface area contributed by atoms with Gasteiger partial charge in [0.1, 0.15) is 0 Å². The Morgan fingerprint density at radius 2 is 1.79 bits per heavy atom. The topological polar surface area (TPSA) is 89.8 Å². The summed E-state index contributed by atoms with van der Waals surface area (Å²) in [5.74, 6) is -0.130. The number of thioether (sulfide) groups is 1. The van der Waals surface area contributed by atoms with Crippen LogP contribution in [0.4, 0.5) is 5.69 Å². The molecule has 0 saturated carbocycles. The Hall–Kier alpha value is -3.52. The van der Waals surface area contributed by atoms with Crippen LogP contribution in [0.2, 0.25) is 0 Å². The van der Waals surface area contributed by atoms with Crippen molar-refractivity contribution in [3.63, 3.8) is 0 Å².